The molecule has 144 valence electrons. The lowest BCUT2D eigenvalue weighted by Crippen LogP contribution is -2.37. The van der Waals surface area contributed by atoms with E-state index >= 15 is 0 Å². The minimum absolute atomic E-state index is 0.109. The third kappa shape index (κ3) is 3.12. The summed E-state index contributed by atoms with van der Waals surface area (Å²) in [6, 6.07) is 17.2. The van der Waals surface area contributed by atoms with Crippen molar-refractivity contribution >= 4 is 28.4 Å². The van der Waals surface area contributed by atoms with Crippen molar-refractivity contribution in [3.63, 3.8) is 0 Å². The SMILES string of the molecule is Nc1ccccc1C1c2scnc2CCN1c1cccc(N2CCOCC2)c1. The first kappa shape index (κ1) is 17.5. The molecule has 0 aliphatic carbocycles. The van der Waals surface area contributed by atoms with E-state index in [0.29, 0.717) is 0 Å². The molecule has 3 aromatic rings. The van der Waals surface area contributed by atoms with Gasteiger partial charge in [0.05, 0.1) is 35.3 Å². The second-order valence-corrected chi connectivity index (χ2v) is 8.14. The van der Waals surface area contributed by atoms with Crippen LogP contribution >= 0.6 is 11.3 Å². The van der Waals surface area contributed by atoms with Crippen molar-refractivity contribution in [1.82, 2.24) is 4.98 Å². The maximum absolute atomic E-state index is 6.40. The number of nitrogens with zero attached hydrogens (tertiary/aromatic N) is 3. The number of thiazole rings is 1. The van der Waals surface area contributed by atoms with Gasteiger partial charge in [-0.3, -0.25) is 0 Å². The molecule has 0 spiro atoms. The zero-order valence-corrected chi connectivity index (χ0v) is 16.6. The summed E-state index contributed by atoms with van der Waals surface area (Å²) in [7, 11) is 0. The van der Waals surface area contributed by atoms with E-state index in [1.54, 1.807) is 11.3 Å². The predicted molar refractivity (Wildman–Crippen MR) is 115 cm³/mol. The van der Waals surface area contributed by atoms with Crippen LogP contribution in [0.1, 0.15) is 22.2 Å². The molecule has 6 heteroatoms. The minimum atomic E-state index is 0.109. The first-order valence-corrected chi connectivity index (χ1v) is 10.7. The van der Waals surface area contributed by atoms with E-state index < -0.39 is 0 Å². The number of benzene rings is 2. The summed E-state index contributed by atoms with van der Waals surface area (Å²) in [6.45, 7) is 4.40. The monoisotopic (exact) mass is 392 g/mol. The molecular weight excluding hydrogens is 368 g/mol. The van der Waals surface area contributed by atoms with E-state index in [0.717, 1.165) is 50.5 Å². The van der Waals surface area contributed by atoms with Crippen LogP contribution in [0.3, 0.4) is 0 Å². The maximum atomic E-state index is 6.40. The van der Waals surface area contributed by atoms with Crippen molar-refractivity contribution in [2.24, 2.45) is 0 Å². The van der Waals surface area contributed by atoms with E-state index in [1.807, 2.05) is 17.6 Å². The molecule has 3 heterocycles. The fourth-order valence-corrected chi connectivity index (χ4v) is 5.19. The topological polar surface area (TPSA) is 54.6 Å². The molecule has 2 aliphatic heterocycles. The number of nitrogen functional groups attached to an aromatic ring is 1. The molecule has 5 rings (SSSR count). The van der Waals surface area contributed by atoms with Crippen LogP contribution in [0.2, 0.25) is 0 Å². The molecule has 0 radical (unpaired) electrons. The van der Waals surface area contributed by atoms with Gasteiger partial charge in [-0.1, -0.05) is 24.3 Å². The van der Waals surface area contributed by atoms with Gasteiger partial charge in [-0.05, 0) is 24.3 Å². The molecular formula is C22H24N4OS. The van der Waals surface area contributed by atoms with Crippen molar-refractivity contribution in [3.8, 4) is 0 Å². The Balaban J connectivity index is 1.56. The van der Waals surface area contributed by atoms with Crippen LogP contribution in [-0.4, -0.2) is 37.8 Å². The fraction of sp³-hybridized carbons (Fsp3) is 0.318. The Bertz CT molecular complexity index is 966. The van der Waals surface area contributed by atoms with Crippen LogP contribution in [0.15, 0.2) is 54.0 Å². The number of fused-ring (bicyclic) bond motifs is 1. The Morgan fingerprint density at radius 3 is 2.68 bits per heavy atom. The number of hydrogen-bond donors (Lipinski definition) is 1. The Morgan fingerprint density at radius 1 is 1.00 bits per heavy atom. The summed E-state index contributed by atoms with van der Waals surface area (Å²) in [5.41, 5.74) is 14.1. The quantitative estimate of drug-likeness (QED) is 0.689. The summed E-state index contributed by atoms with van der Waals surface area (Å²) in [5.74, 6) is 0. The Morgan fingerprint density at radius 2 is 1.82 bits per heavy atom. The molecule has 2 aliphatic rings. The number of anilines is 3. The largest absolute Gasteiger partial charge is 0.398 e. The molecule has 1 fully saturated rings. The van der Waals surface area contributed by atoms with Crippen molar-refractivity contribution < 1.29 is 4.74 Å². The van der Waals surface area contributed by atoms with Gasteiger partial charge in [0, 0.05) is 48.7 Å². The summed E-state index contributed by atoms with van der Waals surface area (Å²) in [6.07, 6.45) is 0.962. The average molecular weight is 393 g/mol. The number of ether oxygens (including phenoxy) is 1. The van der Waals surface area contributed by atoms with E-state index in [2.05, 4.69) is 51.2 Å². The number of morpholine rings is 1. The van der Waals surface area contributed by atoms with Crippen LogP contribution in [0, 0.1) is 0 Å². The smallest absolute Gasteiger partial charge is 0.0926 e. The number of hydrogen-bond acceptors (Lipinski definition) is 6. The van der Waals surface area contributed by atoms with Gasteiger partial charge in [0.25, 0.3) is 0 Å². The molecule has 1 saturated heterocycles. The summed E-state index contributed by atoms with van der Waals surface area (Å²) in [4.78, 5) is 10.8. The molecule has 0 bridgehead atoms. The van der Waals surface area contributed by atoms with Crippen molar-refractivity contribution in [2.45, 2.75) is 12.5 Å². The Labute approximate surface area is 169 Å². The normalized spacial score (nSPS) is 19.5. The van der Waals surface area contributed by atoms with Gasteiger partial charge in [-0.2, -0.15) is 0 Å². The fourth-order valence-electron chi connectivity index (χ4n) is 4.22. The highest BCUT2D eigenvalue weighted by Crippen LogP contribution is 2.42. The van der Waals surface area contributed by atoms with Gasteiger partial charge in [-0.25, -0.2) is 4.98 Å². The van der Waals surface area contributed by atoms with Gasteiger partial charge in [0.15, 0.2) is 0 Å². The Kier molecular flexibility index (Phi) is 4.66. The van der Waals surface area contributed by atoms with Crippen LogP contribution < -0.4 is 15.5 Å². The maximum Gasteiger partial charge on any atom is 0.0926 e. The van der Waals surface area contributed by atoms with E-state index in [4.69, 9.17) is 10.5 Å². The molecule has 1 unspecified atom stereocenters. The second-order valence-electron chi connectivity index (χ2n) is 7.26. The first-order chi connectivity index (χ1) is 13.8. The van der Waals surface area contributed by atoms with Gasteiger partial charge < -0.3 is 20.3 Å². The molecule has 1 atom stereocenters. The van der Waals surface area contributed by atoms with E-state index in [1.165, 1.54) is 21.9 Å². The van der Waals surface area contributed by atoms with Gasteiger partial charge in [-0.15, -0.1) is 11.3 Å². The summed E-state index contributed by atoms with van der Waals surface area (Å²) < 4.78 is 5.51. The highest BCUT2D eigenvalue weighted by atomic mass is 32.1. The third-order valence-corrected chi connectivity index (χ3v) is 6.57. The van der Waals surface area contributed by atoms with E-state index in [9.17, 15) is 0 Å². The Hall–Kier alpha value is -2.57. The second kappa shape index (κ2) is 7.45. The molecule has 28 heavy (non-hydrogen) atoms. The highest BCUT2D eigenvalue weighted by Gasteiger charge is 2.32. The zero-order valence-electron chi connectivity index (χ0n) is 15.8. The lowest BCUT2D eigenvalue weighted by molar-refractivity contribution is 0.122. The minimum Gasteiger partial charge on any atom is -0.398 e. The number of para-hydroxylation sites is 1. The van der Waals surface area contributed by atoms with Gasteiger partial charge in [0.2, 0.25) is 0 Å². The lowest BCUT2D eigenvalue weighted by Gasteiger charge is -2.38. The van der Waals surface area contributed by atoms with Crippen molar-refractivity contribution in [3.05, 3.63) is 70.2 Å². The third-order valence-electron chi connectivity index (χ3n) is 5.65. The molecule has 2 aromatic carbocycles. The van der Waals surface area contributed by atoms with Crippen molar-refractivity contribution in [2.75, 3.05) is 48.4 Å². The van der Waals surface area contributed by atoms with Gasteiger partial charge in [0.1, 0.15) is 0 Å². The first-order valence-electron chi connectivity index (χ1n) is 9.77. The molecule has 2 N–H and O–H groups in total. The van der Waals surface area contributed by atoms with Crippen LogP contribution in [0.5, 0.6) is 0 Å². The summed E-state index contributed by atoms with van der Waals surface area (Å²) in [5, 5.41) is 0. The molecule has 0 amide bonds. The van der Waals surface area contributed by atoms with Crippen LogP contribution in [0.25, 0.3) is 0 Å². The summed E-state index contributed by atoms with van der Waals surface area (Å²) >= 11 is 1.73. The predicted octanol–water partition coefficient (Wildman–Crippen LogP) is 3.71. The number of aromatic nitrogens is 1. The standard InChI is InChI=1S/C22H24N4OS/c23-19-7-2-1-6-18(19)21-22-20(24-15-28-22)8-9-26(21)17-5-3-4-16(14-17)25-10-12-27-13-11-25/h1-7,14-15,21H,8-13,23H2. The van der Waals surface area contributed by atoms with Crippen LogP contribution in [-0.2, 0) is 11.2 Å². The lowest BCUT2D eigenvalue weighted by atomic mass is 9.95. The highest BCUT2D eigenvalue weighted by molar-refractivity contribution is 7.09. The van der Waals surface area contributed by atoms with Crippen LogP contribution in [0.4, 0.5) is 17.1 Å². The zero-order chi connectivity index (χ0) is 18.9. The molecule has 1 aromatic heterocycles. The van der Waals surface area contributed by atoms with Crippen molar-refractivity contribution in [1.29, 1.82) is 0 Å². The number of rotatable bonds is 3. The molecule has 0 saturated carbocycles. The van der Waals surface area contributed by atoms with E-state index in [-0.39, 0.29) is 6.04 Å². The number of nitrogens with two attached hydrogens (primary N) is 1. The molecule has 5 nitrogen and oxygen atoms in total. The van der Waals surface area contributed by atoms with Gasteiger partial charge >= 0.3 is 0 Å². The average Bonchev–Trinajstić information content (AvgIpc) is 3.23.